The van der Waals surface area contributed by atoms with Gasteiger partial charge in [0.05, 0.1) is 10.9 Å². The number of hydrogen-bond donors (Lipinski definition) is 3. The molecule has 0 spiro atoms. The zero-order chi connectivity index (χ0) is 18.8. The maximum atomic E-state index is 12.8. The van der Waals surface area contributed by atoms with Gasteiger partial charge in [-0.05, 0) is 42.3 Å². The largest absolute Gasteiger partial charge is 0.346 e. The molecule has 1 aromatic carbocycles. The van der Waals surface area contributed by atoms with Crippen LogP contribution in [0.25, 0.3) is 21.5 Å². The summed E-state index contributed by atoms with van der Waals surface area (Å²) in [5, 5.41) is 4.11. The lowest BCUT2D eigenvalue weighted by molar-refractivity contribution is 0.0942. The monoisotopic (exact) mass is 376 g/mol. The number of aromatic amines is 1. The van der Waals surface area contributed by atoms with E-state index < -0.39 is 0 Å². The Balaban J connectivity index is 1.59. The van der Waals surface area contributed by atoms with Crippen molar-refractivity contribution in [3.05, 3.63) is 76.9 Å². The van der Waals surface area contributed by atoms with E-state index in [0.29, 0.717) is 11.4 Å². The van der Waals surface area contributed by atoms with Crippen LogP contribution in [0.15, 0.2) is 60.9 Å². The molecule has 4 aromatic rings. The topological polar surface area (TPSA) is 83.8 Å². The Morgan fingerprint density at radius 2 is 2.07 bits per heavy atom. The minimum atomic E-state index is -0.207. The van der Waals surface area contributed by atoms with Crippen molar-refractivity contribution >= 4 is 28.3 Å². The minimum absolute atomic E-state index is 0.107. The highest BCUT2D eigenvalue weighted by atomic mass is 32.1. The Morgan fingerprint density at radius 3 is 2.89 bits per heavy atom. The van der Waals surface area contributed by atoms with Crippen LogP contribution in [0.4, 0.5) is 0 Å². The average molecular weight is 376 g/mol. The molecule has 5 nitrogen and oxygen atoms in total. The van der Waals surface area contributed by atoms with Gasteiger partial charge in [0.25, 0.3) is 5.91 Å². The minimum Gasteiger partial charge on any atom is -0.346 e. The number of nitrogens with one attached hydrogen (secondary N) is 2. The Hall–Kier alpha value is -2.96. The van der Waals surface area contributed by atoms with Crippen LogP contribution < -0.4 is 11.1 Å². The molecule has 1 unspecified atom stereocenters. The number of carbonyl (C=O) groups excluding carboxylic acids is 1. The molecule has 0 saturated heterocycles. The second-order valence-corrected chi connectivity index (χ2v) is 7.46. The molecule has 1 amide bonds. The van der Waals surface area contributed by atoms with E-state index in [9.17, 15) is 4.79 Å². The van der Waals surface area contributed by atoms with Gasteiger partial charge < -0.3 is 16.0 Å². The van der Waals surface area contributed by atoms with E-state index >= 15 is 0 Å². The summed E-state index contributed by atoms with van der Waals surface area (Å²) in [5.74, 6) is -0.107. The Bertz CT molecular complexity index is 1100. The lowest BCUT2D eigenvalue weighted by Gasteiger charge is -2.18. The SMILES string of the molecule is Cc1ccccc1C(CN)NC(=O)c1ccc(-c2ccnc3[nH]ccc23)s1. The van der Waals surface area contributed by atoms with E-state index in [2.05, 4.69) is 15.3 Å². The molecule has 27 heavy (non-hydrogen) atoms. The number of carbonyl (C=O) groups is 1. The first kappa shape index (κ1) is 17.5. The number of hydrogen-bond acceptors (Lipinski definition) is 4. The quantitative estimate of drug-likeness (QED) is 0.492. The first-order valence-corrected chi connectivity index (χ1v) is 9.58. The van der Waals surface area contributed by atoms with E-state index in [0.717, 1.165) is 32.6 Å². The Morgan fingerprint density at radius 1 is 1.22 bits per heavy atom. The van der Waals surface area contributed by atoms with Gasteiger partial charge >= 0.3 is 0 Å². The molecule has 0 aliphatic carbocycles. The van der Waals surface area contributed by atoms with Gasteiger partial charge in [0.1, 0.15) is 5.65 Å². The smallest absolute Gasteiger partial charge is 0.261 e. The van der Waals surface area contributed by atoms with Crippen LogP contribution in [0.1, 0.15) is 26.8 Å². The summed E-state index contributed by atoms with van der Waals surface area (Å²) in [5.41, 5.74) is 10.0. The van der Waals surface area contributed by atoms with E-state index in [1.165, 1.54) is 11.3 Å². The zero-order valence-electron chi connectivity index (χ0n) is 14.9. The lowest BCUT2D eigenvalue weighted by Crippen LogP contribution is -2.33. The molecule has 3 heterocycles. The molecule has 0 saturated carbocycles. The Kier molecular flexibility index (Phi) is 4.75. The van der Waals surface area contributed by atoms with Gasteiger partial charge in [-0.2, -0.15) is 0 Å². The first-order chi connectivity index (χ1) is 13.2. The van der Waals surface area contributed by atoms with Gasteiger partial charge in [-0.25, -0.2) is 4.98 Å². The van der Waals surface area contributed by atoms with Crippen molar-refractivity contribution < 1.29 is 4.79 Å². The summed E-state index contributed by atoms with van der Waals surface area (Å²) in [4.78, 5) is 21.9. The van der Waals surface area contributed by atoms with Crippen LogP contribution in [0.2, 0.25) is 0 Å². The summed E-state index contributed by atoms with van der Waals surface area (Å²) < 4.78 is 0. The molecule has 3 aromatic heterocycles. The summed E-state index contributed by atoms with van der Waals surface area (Å²) in [6.45, 7) is 2.38. The standard InChI is InChI=1S/C21H20N4OS/c1-13-4-2-3-5-14(13)17(12-22)25-21(26)19-7-6-18(27-19)15-8-10-23-20-16(15)9-11-24-20/h2-11,17H,12,22H2,1H3,(H,23,24)(H,25,26). The van der Waals surface area contributed by atoms with Gasteiger partial charge in [0, 0.05) is 34.8 Å². The van der Waals surface area contributed by atoms with Crippen molar-refractivity contribution in [1.82, 2.24) is 15.3 Å². The number of aromatic nitrogens is 2. The molecule has 0 aliphatic heterocycles. The number of H-pyrrole nitrogens is 1. The number of fused-ring (bicyclic) bond motifs is 1. The molecule has 0 bridgehead atoms. The van der Waals surface area contributed by atoms with Gasteiger partial charge in [0.2, 0.25) is 0 Å². The van der Waals surface area contributed by atoms with E-state index in [1.54, 1.807) is 6.20 Å². The van der Waals surface area contributed by atoms with Crippen molar-refractivity contribution in [2.24, 2.45) is 5.73 Å². The summed E-state index contributed by atoms with van der Waals surface area (Å²) in [6, 6.07) is 15.6. The van der Waals surface area contributed by atoms with E-state index in [4.69, 9.17) is 5.73 Å². The first-order valence-electron chi connectivity index (χ1n) is 8.76. The molecule has 0 aliphatic rings. The molecule has 6 heteroatoms. The maximum Gasteiger partial charge on any atom is 0.261 e. The predicted octanol–water partition coefficient (Wildman–Crippen LogP) is 4.03. The van der Waals surface area contributed by atoms with Crippen molar-refractivity contribution in [3.63, 3.8) is 0 Å². The number of thiophene rings is 1. The molecule has 4 rings (SSSR count). The fourth-order valence-corrected chi connectivity index (χ4v) is 4.20. The molecule has 0 radical (unpaired) electrons. The summed E-state index contributed by atoms with van der Waals surface area (Å²) in [7, 11) is 0. The normalized spacial score (nSPS) is 12.2. The number of rotatable bonds is 5. The highest BCUT2D eigenvalue weighted by Gasteiger charge is 2.18. The van der Waals surface area contributed by atoms with E-state index in [-0.39, 0.29) is 11.9 Å². The molecule has 1 atom stereocenters. The third-order valence-electron chi connectivity index (χ3n) is 4.66. The van der Waals surface area contributed by atoms with Gasteiger partial charge in [-0.3, -0.25) is 4.79 Å². The highest BCUT2D eigenvalue weighted by molar-refractivity contribution is 7.17. The Labute approximate surface area is 161 Å². The number of nitrogens with two attached hydrogens (primary N) is 1. The lowest BCUT2D eigenvalue weighted by atomic mass is 10.0. The van der Waals surface area contributed by atoms with Crippen molar-refractivity contribution in [1.29, 1.82) is 0 Å². The number of aryl methyl sites for hydroxylation is 1. The zero-order valence-corrected chi connectivity index (χ0v) is 15.7. The summed E-state index contributed by atoms with van der Waals surface area (Å²) in [6.07, 6.45) is 3.65. The third kappa shape index (κ3) is 3.37. The second kappa shape index (κ2) is 7.34. The number of nitrogens with zero attached hydrogens (tertiary/aromatic N) is 1. The fraction of sp³-hybridized carbons (Fsp3) is 0.143. The van der Waals surface area contributed by atoms with E-state index in [1.807, 2.05) is 61.7 Å². The van der Waals surface area contributed by atoms with Crippen molar-refractivity contribution in [3.8, 4) is 10.4 Å². The molecule has 136 valence electrons. The van der Waals surface area contributed by atoms with Crippen LogP contribution in [0, 0.1) is 6.92 Å². The van der Waals surface area contributed by atoms with Crippen LogP contribution in [0.5, 0.6) is 0 Å². The molecular weight excluding hydrogens is 356 g/mol. The van der Waals surface area contributed by atoms with Crippen molar-refractivity contribution in [2.45, 2.75) is 13.0 Å². The van der Waals surface area contributed by atoms with Crippen molar-refractivity contribution in [2.75, 3.05) is 6.54 Å². The fourth-order valence-electron chi connectivity index (χ4n) is 3.25. The second-order valence-electron chi connectivity index (χ2n) is 6.38. The number of pyridine rings is 1. The third-order valence-corrected chi connectivity index (χ3v) is 5.78. The van der Waals surface area contributed by atoms with Crippen LogP contribution in [-0.2, 0) is 0 Å². The number of amides is 1. The highest BCUT2D eigenvalue weighted by Crippen LogP contribution is 2.33. The number of benzene rings is 1. The maximum absolute atomic E-state index is 12.8. The summed E-state index contributed by atoms with van der Waals surface area (Å²) >= 11 is 1.47. The molecule has 4 N–H and O–H groups in total. The van der Waals surface area contributed by atoms with Gasteiger partial charge in [-0.1, -0.05) is 24.3 Å². The van der Waals surface area contributed by atoms with Crippen LogP contribution in [0.3, 0.4) is 0 Å². The van der Waals surface area contributed by atoms with Gasteiger partial charge in [-0.15, -0.1) is 11.3 Å². The average Bonchev–Trinajstić information content (AvgIpc) is 3.35. The molecular formula is C21H20N4OS. The van der Waals surface area contributed by atoms with Crippen LogP contribution >= 0.6 is 11.3 Å². The van der Waals surface area contributed by atoms with Gasteiger partial charge in [0.15, 0.2) is 0 Å². The molecule has 0 fully saturated rings. The predicted molar refractivity (Wildman–Crippen MR) is 110 cm³/mol. The van der Waals surface area contributed by atoms with Crippen LogP contribution in [-0.4, -0.2) is 22.4 Å².